The van der Waals surface area contributed by atoms with Crippen LogP contribution >= 0.6 is 11.3 Å². The lowest BCUT2D eigenvalue weighted by Crippen LogP contribution is -2.44. The molecule has 1 aliphatic rings. The largest absolute Gasteiger partial charge is 0.294 e. The van der Waals surface area contributed by atoms with Gasteiger partial charge in [0.25, 0.3) is 0 Å². The number of nitrogens with zero attached hydrogens (tertiary/aromatic N) is 2. The van der Waals surface area contributed by atoms with Gasteiger partial charge in [-0.05, 0) is 81.2 Å². The fraction of sp³-hybridized carbons (Fsp3) is 0.609. The molecule has 2 aromatic rings. The van der Waals surface area contributed by atoms with Crippen LogP contribution in [0.2, 0.25) is 0 Å². The Morgan fingerprint density at radius 1 is 1.15 bits per heavy atom. The normalized spacial score (nSPS) is 21.7. The number of aryl methyl sites for hydroxylation is 2. The Labute approximate surface area is 167 Å². The minimum atomic E-state index is -0.0733. The van der Waals surface area contributed by atoms with Crippen LogP contribution in [0.1, 0.15) is 63.6 Å². The van der Waals surface area contributed by atoms with Crippen molar-refractivity contribution in [1.82, 2.24) is 9.88 Å². The van der Waals surface area contributed by atoms with Crippen molar-refractivity contribution in [3.63, 3.8) is 0 Å². The lowest BCUT2D eigenvalue weighted by atomic mass is 9.63. The summed E-state index contributed by atoms with van der Waals surface area (Å²) >= 11 is 1.30. The summed E-state index contributed by atoms with van der Waals surface area (Å²) in [6.07, 6.45) is 5.29. The van der Waals surface area contributed by atoms with Gasteiger partial charge < -0.3 is 0 Å². The van der Waals surface area contributed by atoms with Crippen LogP contribution in [0.5, 0.6) is 0 Å². The quantitative estimate of drug-likeness (QED) is 0.606. The van der Waals surface area contributed by atoms with Gasteiger partial charge in [-0.3, -0.25) is 9.88 Å². The van der Waals surface area contributed by atoms with Crippen LogP contribution in [-0.4, -0.2) is 23.0 Å². The number of halogens is 1. The zero-order chi connectivity index (χ0) is 19.9. The highest BCUT2D eigenvalue weighted by Crippen LogP contribution is 2.51. The zero-order valence-electron chi connectivity index (χ0n) is 17.6. The molecule has 0 amide bonds. The van der Waals surface area contributed by atoms with E-state index in [-0.39, 0.29) is 21.5 Å². The molecule has 0 aromatic carbocycles. The molecule has 27 heavy (non-hydrogen) atoms. The summed E-state index contributed by atoms with van der Waals surface area (Å²) in [6.45, 7) is 15.9. The van der Waals surface area contributed by atoms with Gasteiger partial charge in [0.2, 0.25) is 0 Å². The lowest BCUT2D eigenvalue weighted by Gasteiger charge is -2.44. The van der Waals surface area contributed by atoms with Gasteiger partial charge >= 0.3 is 0 Å². The topological polar surface area (TPSA) is 16.1 Å². The molecule has 148 valence electrons. The maximum atomic E-state index is 13.4. The molecular weight excluding hydrogens is 355 g/mol. The molecule has 1 aliphatic heterocycles. The molecule has 1 atom stereocenters. The third-order valence-electron chi connectivity index (χ3n) is 6.83. The fourth-order valence-corrected chi connectivity index (χ4v) is 5.13. The van der Waals surface area contributed by atoms with Gasteiger partial charge in [-0.25, -0.2) is 0 Å². The summed E-state index contributed by atoms with van der Waals surface area (Å²) in [4.78, 5) is 8.31. The zero-order valence-corrected chi connectivity index (χ0v) is 18.4. The maximum absolute atomic E-state index is 13.4. The van der Waals surface area contributed by atoms with E-state index in [1.54, 1.807) is 6.07 Å². The first-order chi connectivity index (χ1) is 12.5. The number of hydrogen-bond acceptors (Lipinski definition) is 3. The molecule has 0 spiro atoms. The highest BCUT2D eigenvalue weighted by atomic mass is 32.1. The molecule has 0 aliphatic carbocycles. The molecule has 0 bridgehead atoms. The molecule has 0 radical (unpaired) electrons. The van der Waals surface area contributed by atoms with Gasteiger partial charge in [-0.1, -0.05) is 26.8 Å². The van der Waals surface area contributed by atoms with Gasteiger partial charge in [0.1, 0.15) is 0 Å². The second-order valence-electron chi connectivity index (χ2n) is 9.65. The first-order valence-electron chi connectivity index (χ1n) is 9.96. The minimum absolute atomic E-state index is 0.0389. The molecule has 2 aromatic heterocycles. The minimum Gasteiger partial charge on any atom is -0.294 e. The van der Waals surface area contributed by atoms with Crippen molar-refractivity contribution >= 4 is 11.3 Å². The molecule has 1 fully saturated rings. The van der Waals surface area contributed by atoms with Crippen molar-refractivity contribution in [2.24, 2.45) is 10.8 Å². The van der Waals surface area contributed by atoms with E-state index in [0.717, 1.165) is 36.5 Å². The average molecular weight is 389 g/mol. The number of likely N-dealkylation sites (tertiary alicyclic amines) is 1. The summed E-state index contributed by atoms with van der Waals surface area (Å²) < 4.78 is 13.4. The van der Waals surface area contributed by atoms with E-state index < -0.39 is 0 Å². The molecule has 3 heterocycles. The first kappa shape index (κ1) is 20.5. The third kappa shape index (κ3) is 4.12. The van der Waals surface area contributed by atoms with Crippen LogP contribution in [0, 0.1) is 22.9 Å². The summed E-state index contributed by atoms with van der Waals surface area (Å²) in [5, 5.41) is -0.0733. The number of hydrogen-bond donors (Lipinski definition) is 0. The van der Waals surface area contributed by atoms with Gasteiger partial charge in [-0.2, -0.15) is 4.39 Å². The van der Waals surface area contributed by atoms with E-state index in [1.807, 2.05) is 19.2 Å². The Kier molecular flexibility index (Phi) is 5.53. The van der Waals surface area contributed by atoms with Crippen molar-refractivity contribution in [2.45, 2.75) is 66.3 Å². The summed E-state index contributed by atoms with van der Waals surface area (Å²) in [7, 11) is 0. The molecule has 3 rings (SSSR count). The Bertz CT molecular complexity index is 772. The van der Waals surface area contributed by atoms with Crippen molar-refractivity contribution in [3.05, 3.63) is 51.7 Å². The van der Waals surface area contributed by atoms with Crippen LogP contribution in [0.15, 0.2) is 30.5 Å². The molecule has 0 N–H and O–H groups in total. The molecule has 2 nitrogen and oxygen atoms in total. The van der Waals surface area contributed by atoms with E-state index in [4.69, 9.17) is 0 Å². The number of pyridine rings is 1. The molecule has 1 unspecified atom stereocenters. The lowest BCUT2D eigenvalue weighted by molar-refractivity contribution is 0.0571. The van der Waals surface area contributed by atoms with E-state index in [0.29, 0.717) is 0 Å². The second kappa shape index (κ2) is 7.29. The highest BCUT2D eigenvalue weighted by Gasteiger charge is 2.49. The van der Waals surface area contributed by atoms with Crippen molar-refractivity contribution in [3.8, 4) is 0 Å². The molecular formula is C23H33FN2S. The van der Waals surface area contributed by atoms with Crippen molar-refractivity contribution in [1.29, 1.82) is 0 Å². The van der Waals surface area contributed by atoms with Crippen LogP contribution in [0.4, 0.5) is 4.39 Å². The Morgan fingerprint density at radius 2 is 1.89 bits per heavy atom. The Hall–Kier alpha value is -1.26. The maximum Gasteiger partial charge on any atom is 0.176 e. The second-order valence-corrected chi connectivity index (χ2v) is 10.8. The van der Waals surface area contributed by atoms with Gasteiger partial charge in [-0.15, -0.1) is 11.3 Å². The first-order valence-corrected chi connectivity index (χ1v) is 10.8. The predicted molar refractivity (Wildman–Crippen MR) is 113 cm³/mol. The monoisotopic (exact) mass is 388 g/mol. The third-order valence-corrected chi connectivity index (χ3v) is 7.77. The standard InChI is InChI=1S/C23H33FN2S/c1-17-7-8-18(15-25-17)22(5,6)26-14-13-23(16-26,21(2,3)4)12-11-19-9-10-20(24)27-19/h7-10,15H,11-14,16H2,1-6H3. The van der Waals surface area contributed by atoms with Crippen LogP contribution in [0.3, 0.4) is 0 Å². The van der Waals surface area contributed by atoms with E-state index in [1.165, 1.54) is 23.3 Å². The van der Waals surface area contributed by atoms with Gasteiger partial charge in [0, 0.05) is 28.9 Å². The van der Waals surface area contributed by atoms with Gasteiger partial charge in [0.15, 0.2) is 5.13 Å². The van der Waals surface area contributed by atoms with Crippen molar-refractivity contribution in [2.75, 3.05) is 13.1 Å². The number of thiophene rings is 1. The molecule has 1 saturated heterocycles. The molecule has 0 saturated carbocycles. The van der Waals surface area contributed by atoms with E-state index in [9.17, 15) is 4.39 Å². The Balaban J connectivity index is 1.80. The fourth-order valence-electron chi connectivity index (χ4n) is 4.40. The Morgan fingerprint density at radius 3 is 2.44 bits per heavy atom. The predicted octanol–water partition coefficient (Wildman–Crippen LogP) is 6.20. The average Bonchev–Trinajstić information content (AvgIpc) is 3.20. The van der Waals surface area contributed by atoms with Crippen LogP contribution in [-0.2, 0) is 12.0 Å². The van der Waals surface area contributed by atoms with Crippen molar-refractivity contribution < 1.29 is 4.39 Å². The van der Waals surface area contributed by atoms with E-state index >= 15 is 0 Å². The molecule has 4 heteroatoms. The number of aromatic nitrogens is 1. The van der Waals surface area contributed by atoms with E-state index in [2.05, 4.69) is 56.6 Å². The summed E-state index contributed by atoms with van der Waals surface area (Å²) in [6, 6.07) is 7.87. The van der Waals surface area contributed by atoms with Gasteiger partial charge in [0.05, 0.1) is 0 Å². The SMILES string of the molecule is Cc1ccc(C(C)(C)N2CCC(CCc3ccc(F)s3)(C(C)(C)C)C2)cn1. The summed E-state index contributed by atoms with van der Waals surface area (Å²) in [5.74, 6) is 0. The highest BCUT2D eigenvalue weighted by molar-refractivity contribution is 7.10. The summed E-state index contributed by atoms with van der Waals surface area (Å²) in [5.41, 5.74) is 2.74. The smallest absolute Gasteiger partial charge is 0.176 e. The van der Waals surface area contributed by atoms with Crippen LogP contribution in [0.25, 0.3) is 0 Å². The number of rotatable bonds is 5. The van der Waals surface area contributed by atoms with Crippen LogP contribution < -0.4 is 0 Å².